The van der Waals surface area contributed by atoms with Gasteiger partial charge in [0.05, 0.1) is 0 Å². The molecule has 0 bridgehead atoms. The first-order valence-corrected chi connectivity index (χ1v) is 20.4. The molecule has 0 aromatic heterocycles. The third-order valence-corrected chi connectivity index (χ3v) is 14.2. The Balaban J connectivity index is 5.67. The Kier molecular flexibility index (Phi) is 23.9. The molecule has 0 rings (SSSR count). The van der Waals surface area contributed by atoms with E-state index in [1.165, 1.54) is 0 Å². The maximum absolute atomic E-state index is 13.1. The van der Waals surface area contributed by atoms with E-state index < -0.39 is 53.3 Å². The summed E-state index contributed by atoms with van der Waals surface area (Å²) >= 11 is 8.12. The van der Waals surface area contributed by atoms with Crippen LogP contribution in [0.25, 0.3) is 0 Å². The van der Waals surface area contributed by atoms with Crippen molar-refractivity contribution in [3.8, 4) is 0 Å². The Morgan fingerprint density at radius 1 is 0.579 bits per heavy atom. The number of hydrogen-bond donors (Lipinski definition) is 3. The SMILES string of the molecule is CCC[CH2][Sn]([O]C(=O)C(S)CCCCOC)([O]C(=O)C(S)CCCCOC)[O]C(=O)C(S)CCCCOC. The van der Waals surface area contributed by atoms with Crippen LogP contribution in [-0.2, 0) is 37.8 Å². The van der Waals surface area contributed by atoms with Gasteiger partial charge in [-0.3, -0.25) is 0 Å². The molecule has 0 radical (unpaired) electrons. The number of methoxy groups -OCH3 is 3. The number of ether oxygens (including phenoxy) is 3. The van der Waals surface area contributed by atoms with Crippen LogP contribution >= 0.6 is 37.9 Å². The van der Waals surface area contributed by atoms with Gasteiger partial charge < -0.3 is 0 Å². The molecule has 9 nitrogen and oxygen atoms in total. The van der Waals surface area contributed by atoms with Gasteiger partial charge >= 0.3 is 252 Å². The normalized spacial score (nSPS) is 15.2. The Morgan fingerprint density at radius 3 is 1.16 bits per heavy atom. The third kappa shape index (κ3) is 17.7. The second-order valence-corrected chi connectivity index (χ2v) is 18.0. The molecule has 0 aliphatic rings. The molecule has 224 valence electrons. The van der Waals surface area contributed by atoms with Gasteiger partial charge in [0.15, 0.2) is 0 Å². The summed E-state index contributed by atoms with van der Waals surface area (Å²) in [7, 11) is 4.85. The predicted octanol–water partition coefficient (Wildman–Crippen LogP) is 4.70. The van der Waals surface area contributed by atoms with E-state index in [2.05, 4.69) is 37.9 Å². The fourth-order valence-electron chi connectivity index (χ4n) is 3.38. The van der Waals surface area contributed by atoms with Crippen molar-refractivity contribution in [1.29, 1.82) is 0 Å². The molecule has 0 aliphatic heterocycles. The van der Waals surface area contributed by atoms with Crippen molar-refractivity contribution in [1.82, 2.24) is 0 Å². The Bertz CT molecular complexity index is 579. The van der Waals surface area contributed by atoms with Gasteiger partial charge in [0, 0.05) is 0 Å². The van der Waals surface area contributed by atoms with E-state index >= 15 is 0 Å². The second kappa shape index (κ2) is 23.8. The fraction of sp³-hybridized carbons (Fsp3) is 0.880. The molecule has 0 fully saturated rings. The number of unbranched alkanes of at least 4 members (excludes halogenated alkanes) is 4. The van der Waals surface area contributed by atoms with Crippen LogP contribution in [0.2, 0.25) is 4.44 Å². The van der Waals surface area contributed by atoms with Crippen LogP contribution in [0.5, 0.6) is 0 Å². The molecular formula is C25H48O9S3Sn. The van der Waals surface area contributed by atoms with Crippen LogP contribution < -0.4 is 0 Å². The van der Waals surface area contributed by atoms with Gasteiger partial charge in [-0.05, 0) is 0 Å². The van der Waals surface area contributed by atoms with E-state index in [-0.39, 0.29) is 4.44 Å². The number of carbonyl (C=O) groups excluding carboxylic acids is 3. The molecule has 3 unspecified atom stereocenters. The summed E-state index contributed by atoms with van der Waals surface area (Å²) in [5, 5.41) is -2.24. The van der Waals surface area contributed by atoms with Gasteiger partial charge in [-0.15, -0.1) is 0 Å². The van der Waals surface area contributed by atoms with Crippen molar-refractivity contribution in [2.24, 2.45) is 0 Å². The quantitative estimate of drug-likeness (QED) is 0.0749. The molecule has 0 N–H and O–H groups in total. The Morgan fingerprint density at radius 2 is 0.895 bits per heavy atom. The number of thiol groups is 3. The van der Waals surface area contributed by atoms with Crippen molar-refractivity contribution in [3.63, 3.8) is 0 Å². The summed E-state index contributed by atoms with van der Waals surface area (Å²) in [6, 6.07) is 0. The summed E-state index contributed by atoms with van der Waals surface area (Å²) < 4.78 is 32.9. The number of rotatable bonds is 24. The maximum atomic E-state index is 13.1. The molecule has 0 spiro atoms. The average Bonchev–Trinajstić information content (AvgIpc) is 2.89. The first kappa shape index (κ1) is 38.1. The Hall–Kier alpha value is 0.139. The van der Waals surface area contributed by atoms with Crippen LogP contribution in [-0.4, -0.2) is 94.4 Å². The van der Waals surface area contributed by atoms with Crippen LogP contribution in [0, 0.1) is 0 Å². The van der Waals surface area contributed by atoms with Gasteiger partial charge in [-0.25, -0.2) is 0 Å². The molecule has 0 aromatic carbocycles. The van der Waals surface area contributed by atoms with Gasteiger partial charge in [0.1, 0.15) is 0 Å². The van der Waals surface area contributed by atoms with Gasteiger partial charge in [-0.1, -0.05) is 0 Å². The second-order valence-electron chi connectivity index (χ2n) is 9.06. The van der Waals surface area contributed by atoms with E-state index in [0.717, 1.165) is 25.7 Å². The third-order valence-electron chi connectivity index (χ3n) is 5.65. The van der Waals surface area contributed by atoms with E-state index in [9.17, 15) is 14.4 Å². The molecule has 13 heteroatoms. The average molecular weight is 708 g/mol. The van der Waals surface area contributed by atoms with Crippen molar-refractivity contribution >= 4 is 75.4 Å². The molecule has 0 saturated heterocycles. The molecular weight excluding hydrogens is 659 g/mol. The van der Waals surface area contributed by atoms with Crippen molar-refractivity contribution in [3.05, 3.63) is 0 Å². The molecule has 0 saturated carbocycles. The van der Waals surface area contributed by atoms with E-state index in [1.807, 2.05) is 6.92 Å². The summed E-state index contributed by atoms with van der Waals surface area (Å²) in [5.74, 6) is -1.94. The summed E-state index contributed by atoms with van der Waals surface area (Å²) in [6.45, 7) is 3.68. The van der Waals surface area contributed by atoms with Gasteiger partial charge in [0.25, 0.3) is 0 Å². The summed E-state index contributed by atoms with van der Waals surface area (Å²) in [4.78, 5) is 39.2. The molecule has 0 amide bonds. The summed E-state index contributed by atoms with van der Waals surface area (Å²) in [5.41, 5.74) is 0. The first-order chi connectivity index (χ1) is 18.2. The fourth-order valence-corrected chi connectivity index (χ4v) is 12.3. The van der Waals surface area contributed by atoms with Crippen LogP contribution in [0.4, 0.5) is 0 Å². The monoisotopic (exact) mass is 708 g/mol. The zero-order chi connectivity index (χ0) is 28.8. The van der Waals surface area contributed by atoms with E-state index in [4.69, 9.17) is 23.4 Å². The zero-order valence-corrected chi connectivity index (χ0v) is 28.9. The predicted molar refractivity (Wildman–Crippen MR) is 159 cm³/mol. The van der Waals surface area contributed by atoms with Crippen molar-refractivity contribution < 1.29 is 37.8 Å². The van der Waals surface area contributed by atoms with Gasteiger partial charge in [-0.2, -0.15) is 0 Å². The number of carbonyl (C=O) groups is 3. The van der Waals surface area contributed by atoms with Crippen molar-refractivity contribution in [2.45, 2.75) is 97.7 Å². The van der Waals surface area contributed by atoms with Crippen molar-refractivity contribution in [2.75, 3.05) is 41.2 Å². The molecule has 0 heterocycles. The van der Waals surface area contributed by atoms with Crippen LogP contribution in [0.3, 0.4) is 0 Å². The van der Waals surface area contributed by atoms with Gasteiger partial charge in [0.2, 0.25) is 0 Å². The van der Waals surface area contributed by atoms with Crippen LogP contribution in [0.15, 0.2) is 0 Å². The zero-order valence-electron chi connectivity index (χ0n) is 23.4. The standard InChI is InChI=1S/3C7H14O3S.C4H9.Sn/c3*1-10-5-3-2-4-6(11)7(8)9;1-3-4-2;/h3*6,11H,2-5H2,1H3,(H,8,9);1,3-4H2,2H3;/q;;;;+3/p-3. The van der Waals surface area contributed by atoms with Crippen LogP contribution in [0.1, 0.15) is 77.6 Å². The minimum absolute atomic E-state index is 0.187. The Labute approximate surface area is 250 Å². The minimum atomic E-state index is -5.10. The topological polar surface area (TPSA) is 107 Å². The molecule has 0 aromatic rings. The van der Waals surface area contributed by atoms with E-state index in [1.54, 1.807) is 21.3 Å². The molecule has 0 aliphatic carbocycles. The number of hydrogen-bond acceptors (Lipinski definition) is 12. The first-order valence-electron chi connectivity index (χ1n) is 13.4. The molecule has 38 heavy (non-hydrogen) atoms. The summed E-state index contributed by atoms with van der Waals surface area (Å²) in [6.07, 6.45) is 7.06. The van der Waals surface area contributed by atoms with E-state index in [0.29, 0.717) is 64.8 Å². The molecule has 3 atom stereocenters.